The molecule has 0 aliphatic heterocycles. The van der Waals surface area contributed by atoms with Crippen LogP contribution in [0, 0.1) is 5.92 Å². The lowest BCUT2D eigenvalue weighted by molar-refractivity contribution is -0.106. The molecule has 0 aromatic carbocycles. The maximum absolute atomic E-state index is 10.1. The van der Waals surface area contributed by atoms with Gasteiger partial charge >= 0.3 is 0 Å². The van der Waals surface area contributed by atoms with Crippen molar-refractivity contribution in [1.29, 1.82) is 0 Å². The lowest BCUT2D eigenvalue weighted by Crippen LogP contribution is -2.30. The number of hydrogen-bond donors (Lipinski definition) is 3. The first-order chi connectivity index (χ1) is 5.48. The van der Waals surface area contributed by atoms with Gasteiger partial charge in [0, 0.05) is 12.3 Å². The summed E-state index contributed by atoms with van der Waals surface area (Å²) in [4.78, 5) is 29.1. The highest BCUT2D eigenvalue weighted by Crippen LogP contribution is 2.72. The summed E-state index contributed by atoms with van der Waals surface area (Å²) >= 11 is 0. The number of rotatable bonds is 4. The Morgan fingerprint density at radius 2 is 2.33 bits per heavy atom. The zero-order valence-corrected chi connectivity index (χ0v) is 7.58. The predicted molar refractivity (Wildman–Crippen MR) is 47.5 cm³/mol. The van der Waals surface area contributed by atoms with Crippen LogP contribution in [0.5, 0.6) is 0 Å². The Balaban J connectivity index is 2.69. The van der Waals surface area contributed by atoms with Gasteiger partial charge in [-0.2, -0.15) is 0 Å². The zero-order chi connectivity index (χ0) is 9.41. The SMILES string of the molecule is C=CC1CC1(N)[P+](O)(O)CC=O. The van der Waals surface area contributed by atoms with Gasteiger partial charge in [-0.25, -0.2) is 9.79 Å². The van der Waals surface area contributed by atoms with Crippen LogP contribution in [0.25, 0.3) is 0 Å². The van der Waals surface area contributed by atoms with Gasteiger partial charge < -0.3 is 0 Å². The number of carbonyl (C=O) groups is 1. The average Bonchev–Trinajstić information content (AvgIpc) is 2.63. The number of nitrogens with two attached hydrogens (primary N) is 1. The van der Waals surface area contributed by atoms with Crippen LogP contribution in [0.4, 0.5) is 0 Å². The molecular weight excluding hydrogens is 177 g/mol. The monoisotopic (exact) mass is 190 g/mol. The van der Waals surface area contributed by atoms with E-state index in [4.69, 9.17) is 5.73 Å². The molecule has 68 valence electrons. The summed E-state index contributed by atoms with van der Waals surface area (Å²) in [6.07, 6.45) is 2.38. The first-order valence-corrected chi connectivity index (χ1v) is 5.54. The molecule has 1 fully saturated rings. The molecule has 0 heterocycles. The van der Waals surface area contributed by atoms with E-state index in [1.54, 1.807) is 6.08 Å². The Morgan fingerprint density at radius 1 is 1.75 bits per heavy atom. The summed E-state index contributed by atoms with van der Waals surface area (Å²) in [6.45, 7) is 3.52. The molecule has 2 atom stereocenters. The Hall–Kier alpha value is -0.280. The van der Waals surface area contributed by atoms with E-state index in [-0.39, 0.29) is 12.1 Å². The molecule has 4 N–H and O–H groups in total. The Kier molecular flexibility index (Phi) is 2.36. The van der Waals surface area contributed by atoms with Crippen molar-refractivity contribution in [2.75, 3.05) is 6.16 Å². The van der Waals surface area contributed by atoms with Crippen LogP contribution < -0.4 is 5.73 Å². The van der Waals surface area contributed by atoms with Gasteiger partial charge in [0.15, 0.2) is 17.7 Å². The van der Waals surface area contributed by atoms with E-state index in [0.717, 1.165) is 0 Å². The quantitative estimate of drug-likeness (QED) is 0.328. The summed E-state index contributed by atoms with van der Waals surface area (Å²) in [6, 6.07) is 0. The average molecular weight is 190 g/mol. The summed E-state index contributed by atoms with van der Waals surface area (Å²) in [7, 11) is -3.25. The maximum atomic E-state index is 10.1. The molecule has 1 saturated carbocycles. The van der Waals surface area contributed by atoms with Gasteiger partial charge in [0.2, 0.25) is 0 Å². The van der Waals surface area contributed by atoms with Crippen LogP contribution in [0.1, 0.15) is 6.42 Å². The molecule has 2 unspecified atom stereocenters. The molecule has 1 rings (SSSR count). The molecule has 0 saturated heterocycles. The van der Waals surface area contributed by atoms with Crippen LogP contribution in [-0.2, 0) is 4.79 Å². The standard InChI is InChI=1S/C7H13NO3P/c1-2-6-5-7(6,8)12(10,11)4-3-9/h2-3,6,10-11H,1,4-5,8H2/q+1. The molecular formula is C7H13NO3P+. The molecule has 1 aliphatic carbocycles. The van der Waals surface area contributed by atoms with Crippen molar-refractivity contribution in [3.8, 4) is 0 Å². The maximum Gasteiger partial charge on any atom is 0.295 e. The van der Waals surface area contributed by atoms with Crippen molar-refractivity contribution in [3.05, 3.63) is 12.7 Å². The smallest absolute Gasteiger partial charge is 0.295 e. The van der Waals surface area contributed by atoms with Crippen molar-refractivity contribution in [2.24, 2.45) is 11.7 Å². The molecule has 1 aliphatic rings. The molecule has 0 aromatic rings. The van der Waals surface area contributed by atoms with Gasteiger partial charge in [-0.1, -0.05) is 6.08 Å². The summed E-state index contributed by atoms with van der Waals surface area (Å²) in [5.74, 6) is -0.0548. The fourth-order valence-corrected chi connectivity index (χ4v) is 2.94. The number of carbonyl (C=O) groups excluding carboxylic acids is 1. The molecule has 0 radical (unpaired) electrons. The Labute approximate surface area is 71.6 Å². The third-order valence-corrected chi connectivity index (χ3v) is 4.82. The highest BCUT2D eigenvalue weighted by Gasteiger charge is 2.70. The minimum Gasteiger partial charge on any atom is -0.299 e. The molecule has 0 amide bonds. The summed E-state index contributed by atoms with van der Waals surface area (Å²) in [5, 5.41) is -0.963. The van der Waals surface area contributed by atoms with Crippen molar-refractivity contribution >= 4 is 14.0 Å². The second-order valence-electron chi connectivity index (χ2n) is 3.12. The van der Waals surface area contributed by atoms with Gasteiger partial charge in [0.05, 0.1) is 0 Å². The molecule has 0 aromatic heterocycles. The molecule has 0 spiro atoms. The largest absolute Gasteiger partial charge is 0.299 e. The van der Waals surface area contributed by atoms with Gasteiger partial charge in [0.25, 0.3) is 7.72 Å². The Morgan fingerprint density at radius 3 is 2.67 bits per heavy atom. The van der Waals surface area contributed by atoms with Crippen LogP contribution in [0.15, 0.2) is 12.7 Å². The lowest BCUT2D eigenvalue weighted by Gasteiger charge is -2.16. The molecule has 0 bridgehead atoms. The lowest BCUT2D eigenvalue weighted by atomic mass is 10.4. The van der Waals surface area contributed by atoms with E-state index in [1.165, 1.54) is 0 Å². The normalized spacial score (nSPS) is 34.4. The highest BCUT2D eigenvalue weighted by atomic mass is 31.2. The molecule has 5 heteroatoms. The highest BCUT2D eigenvalue weighted by molar-refractivity contribution is 7.67. The van der Waals surface area contributed by atoms with E-state index in [2.05, 4.69) is 6.58 Å². The fraction of sp³-hybridized carbons (Fsp3) is 0.571. The van der Waals surface area contributed by atoms with Crippen LogP contribution in [0.3, 0.4) is 0 Å². The molecule has 12 heavy (non-hydrogen) atoms. The third kappa shape index (κ3) is 1.31. The van der Waals surface area contributed by atoms with Crippen molar-refractivity contribution in [3.63, 3.8) is 0 Å². The van der Waals surface area contributed by atoms with E-state index in [9.17, 15) is 14.6 Å². The summed E-state index contributed by atoms with van der Waals surface area (Å²) in [5.41, 5.74) is 5.68. The van der Waals surface area contributed by atoms with E-state index in [0.29, 0.717) is 12.7 Å². The third-order valence-electron chi connectivity index (χ3n) is 2.31. The minimum atomic E-state index is -3.25. The van der Waals surface area contributed by atoms with E-state index < -0.39 is 13.0 Å². The second-order valence-corrected chi connectivity index (χ2v) is 5.78. The van der Waals surface area contributed by atoms with Crippen LogP contribution >= 0.6 is 7.72 Å². The van der Waals surface area contributed by atoms with E-state index >= 15 is 0 Å². The number of hydrogen-bond acceptors (Lipinski definition) is 4. The Bertz CT molecular complexity index is 216. The van der Waals surface area contributed by atoms with Gasteiger partial charge in [-0.05, 0) is 0 Å². The van der Waals surface area contributed by atoms with Crippen molar-refractivity contribution in [1.82, 2.24) is 0 Å². The van der Waals surface area contributed by atoms with Crippen LogP contribution in [-0.4, -0.2) is 27.5 Å². The van der Waals surface area contributed by atoms with Gasteiger partial charge in [-0.3, -0.25) is 10.5 Å². The number of aldehydes is 1. The van der Waals surface area contributed by atoms with Gasteiger partial charge in [-0.15, -0.1) is 6.58 Å². The topological polar surface area (TPSA) is 83.6 Å². The van der Waals surface area contributed by atoms with Gasteiger partial charge in [0.1, 0.15) is 0 Å². The van der Waals surface area contributed by atoms with Crippen LogP contribution in [0.2, 0.25) is 0 Å². The zero-order valence-electron chi connectivity index (χ0n) is 6.68. The first-order valence-electron chi connectivity index (χ1n) is 3.66. The van der Waals surface area contributed by atoms with Crippen molar-refractivity contribution in [2.45, 2.75) is 11.7 Å². The fourth-order valence-electron chi connectivity index (χ4n) is 1.27. The van der Waals surface area contributed by atoms with E-state index in [1.807, 2.05) is 0 Å². The second kappa shape index (κ2) is 2.89. The molecule has 4 nitrogen and oxygen atoms in total. The predicted octanol–water partition coefficient (Wildman–Crippen LogP) is -0.122. The van der Waals surface area contributed by atoms with Crippen molar-refractivity contribution < 1.29 is 14.6 Å². The first kappa shape index (κ1) is 9.81. The minimum absolute atomic E-state index is 0.0548. The summed E-state index contributed by atoms with van der Waals surface area (Å²) < 4.78 is 0.